The molecule has 0 fully saturated rings. The van der Waals surface area contributed by atoms with Crippen molar-refractivity contribution in [3.63, 3.8) is 0 Å². The first-order valence-corrected chi connectivity index (χ1v) is 6.76. The lowest BCUT2D eigenvalue weighted by Crippen LogP contribution is -2.12. The highest BCUT2D eigenvalue weighted by Crippen LogP contribution is 2.22. The van der Waals surface area contributed by atoms with Crippen molar-refractivity contribution in [2.24, 2.45) is 0 Å². The van der Waals surface area contributed by atoms with Gasteiger partial charge in [0, 0.05) is 11.6 Å². The molecule has 0 aliphatic rings. The molecule has 0 radical (unpaired) electrons. The number of anilines is 2. The topological polar surface area (TPSA) is 49.8 Å². The Morgan fingerprint density at radius 3 is 2.90 bits per heavy atom. The van der Waals surface area contributed by atoms with Crippen LogP contribution in [0.2, 0.25) is 5.02 Å². The van der Waals surface area contributed by atoms with Crippen LogP contribution in [-0.2, 0) is 0 Å². The highest BCUT2D eigenvalue weighted by Gasteiger charge is 2.11. The molecule has 1 aromatic heterocycles. The van der Waals surface area contributed by atoms with Crippen LogP contribution >= 0.6 is 11.6 Å². The third-order valence-electron chi connectivity index (χ3n) is 2.78. The van der Waals surface area contributed by atoms with Crippen LogP contribution in [0.3, 0.4) is 0 Å². The number of hydrogen-bond acceptors (Lipinski definition) is 4. The molecular formula is C14H16ClFN4. The van der Waals surface area contributed by atoms with E-state index in [-0.39, 0.29) is 11.9 Å². The molecular weight excluding hydrogens is 279 g/mol. The maximum Gasteiger partial charge on any atom is 0.224 e. The summed E-state index contributed by atoms with van der Waals surface area (Å²) in [5.74, 6) is 0.0821. The second kappa shape index (κ2) is 6.52. The quantitative estimate of drug-likeness (QED) is 0.879. The monoisotopic (exact) mass is 294 g/mol. The van der Waals surface area contributed by atoms with E-state index < -0.39 is 5.82 Å². The molecule has 20 heavy (non-hydrogen) atoms. The summed E-state index contributed by atoms with van der Waals surface area (Å²) in [6.07, 6.45) is 1.15. The minimum Gasteiger partial charge on any atom is -0.361 e. The number of benzene rings is 1. The van der Waals surface area contributed by atoms with Gasteiger partial charge in [-0.1, -0.05) is 23.7 Å². The first-order chi connectivity index (χ1) is 9.60. The van der Waals surface area contributed by atoms with Gasteiger partial charge in [0.1, 0.15) is 0 Å². The third-order valence-corrected chi connectivity index (χ3v) is 3.02. The largest absolute Gasteiger partial charge is 0.361 e. The van der Waals surface area contributed by atoms with E-state index in [9.17, 15) is 4.39 Å². The van der Waals surface area contributed by atoms with Crippen molar-refractivity contribution in [2.75, 3.05) is 17.2 Å². The van der Waals surface area contributed by atoms with Gasteiger partial charge in [0.05, 0.1) is 12.2 Å². The number of nitrogens with zero attached hydrogens (tertiary/aromatic N) is 2. The Hall–Kier alpha value is -1.88. The average Bonchev–Trinajstić information content (AvgIpc) is 2.43. The zero-order chi connectivity index (χ0) is 14.5. The van der Waals surface area contributed by atoms with E-state index in [0.29, 0.717) is 17.5 Å². The van der Waals surface area contributed by atoms with Gasteiger partial charge in [-0.15, -0.1) is 0 Å². The zero-order valence-corrected chi connectivity index (χ0v) is 12.1. The van der Waals surface area contributed by atoms with E-state index in [1.165, 1.54) is 0 Å². The van der Waals surface area contributed by atoms with Gasteiger partial charge < -0.3 is 10.6 Å². The highest BCUT2D eigenvalue weighted by molar-refractivity contribution is 6.30. The molecule has 0 spiro atoms. The van der Waals surface area contributed by atoms with Crippen LogP contribution in [0.25, 0.3) is 0 Å². The fraction of sp³-hybridized carbons (Fsp3) is 0.286. The second-order valence-corrected chi connectivity index (χ2v) is 4.78. The van der Waals surface area contributed by atoms with E-state index in [2.05, 4.69) is 20.6 Å². The summed E-state index contributed by atoms with van der Waals surface area (Å²) in [7, 11) is 0. The Labute approximate surface area is 122 Å². The Morgan fingerprint density at radius 1 is 1.40 bits per heavy atom. The van der Waals surface area contributed by atoms with Crippen molar-refractivity contribution >= 4 is 23.4 Å². The van der Waals surface area contributed by atoms with Gasteiger partial charge in [-0.2, -0.15) is 4.98 Å². The standard InChI is InChI=1S/C14H16ClFN4/c1-3-17-14-18-8-12(16)13(20-14)19-9(2)10-5-4-6-11(15)7-10/h4-9H,3H2,1-2H3,(H2,17,18,19,20). The van der Waals surface area contributed by atoms with Crippen LogP contribution in [0.1, 0.15) is 25.5 Å². The van der Waals surface area contributed by atoms with Crippen molar-refractivity contribution < 1.29 is 4.39 Å². The van der Waals surface area contributed by atoms with Crippen molar-refractivity contribution in [1.82, 2.24) is 9.97 Å². The minimum absolute atomic E-state index is 0.118. The molecule has 1 atom stereocenters. The molecule has 0 saturated carbocycles. The van der Waals surface area contributed by atoms with Crippen LogP contribution in [0.15, 0.2) is 30.5 Å². The molecule has 2 N–H and O–H groups in total. The van der Waals surface area contributed by atoms with Crippen LogP contribution in [0.5, 0.6) is 0 Å². The summed E-state index contributed by atoms with van der Waals surface area (Å²) in [6.45, 7) is 4.52. The molecule has 106 valence electrons. The Kier molecular flexibility index (Phi) is 4.74. The molecule has 1 unspecified atom stereocenters. The first kappa shape index (κ1) is 14.5. The fourth-order valence-electron chi connectivity index (χ4n) is 1.78. The summed E-state index contributed by atoms with van der Waals surface area (Å²) in [6, 6.07) is 7.30. The van der Waals surface area contributed by atoms with E-state index in [1.807, 2.05) is 32.0 Å². The van der Waals surface area contributed by atoms with Gasteiger partial charge in [-0.05, 0) is 31.5 Å². The Morgan fingerprint density at radius 2 is 2.20 bits per heavy atom. The minimum atomic E-state index is -0.486. The summed E-state index contributed by atoms with van der Waals surface area (Å²) in [4.78, 5) is 7.97. The lowest BCUT2D eigenvalue weighted by Gasteiger charge is -2.16. The normalized spacial score (nSPS) is 12.0. The van der Waals surface area contributed by atoms with Gasteiger partial charge in [0.2, 0.25) is 5.95 Å². The molecule has 2 aromatic rings. The molecule has 0 aliphatic heterocycles. The van der Waals surface area contributed by atoms with Gasteiger partial charge in [0.15, 0.2) is 11.6 Å². The maximum atomic E-state index is 13.7. The summed E-state index contributed by atoms with van der Waals surface area (Å²) < 4.78 is 13.7. The molecule has 4 nitrogen and oxygen atoms in total. The number of hydrogen-bond donors (Lipinski definition) is 2. The Balaban J connectivity index is 2.18. The highest BCUT2D eigenvalue weighted by atomic mass is 35.5. The third kappa shape index (κ3) is 3.57. The number of rotatable bonds is 5. The summed E-state index contributed by atoms with van der Waals surface area (Å²) in [5, 5.41) is 6.62. The maximum absolute atomic E-state index is 13.7. The molecule has 0 bridgehead atoms. The van der Waals surface area contributed by atoms with Gasteiger partial charge in [-0.3, -0.25) is 0 Å². The first-order valence-electron chi connectivity index (χ1n) is 6.38. The van der Waals surface area contributed by atoms with Gasteiger partial charge in [-0.25, -0.2) is 9.37 Å². The average molecular weight is 295 g/mol. The van der Waals surface area contributed by atoms with Gasteiger partial charge >= 0.3 is 0 Å². The zero-order valence-electron chi connectivity index (χ0n) is 11.3. The summed E-state index contributed by atoms with van der Waals surface area (Å²) >= 11 is 5.95. The van der Waals surface area contributed by atoms with E-state index >= 15 is 0 Å². The van der Waals surface area contributed by atoms with Crippen molar-refractivity contribution in [3.8, 4) is 0 Å². The van der Waals surface area contributed by atoms with E-state index in [0.717, 1.165) is 11.8 Å². The van der Waals surface area contributed by atoms with Crippen molar-refractivity contribution in [2.45, 2.75) is 19.9 Å². The number of aromatic nitrogens is 2. The molecule has 0 aliphatic carbocycles. The molecule has 1 heterocycles. The van der Waals surface area contributed by atoms with Crippen LogP contribution < -0.4 is 10.6 Å². The molecule has 6 heteroatoms. The lowest BCUT2D eigenvalue weighted by molar-refractivity contribution is 0.614. The van der Waals surface area contributed by atoms with Crippen molar-refractivity contribution in [3.05, 3.63) is 46.9 Å². The van der Waals surface area contributed by atoms with Crippen LogP contribution in [0.4, 0.5) is 16.2 Å². The summed E-state index contributed by atoms with van der Waals surface area (Å²) in [5.41, 5.74) is 0.959. The molecule has 0 amide bonds. The number of halogens is 2. The SMILES string of the molecule is CCNc1ncc(F)c(NC(C)c2cccc(Cl)c2)n1. The van der Waals surface area contributed by atoms with Crippen LogP contribution in [-0.4, -0.2) is 16.5 Å². The second-order valence-electron chi connectivity index (χ2n) is 4.34. The lowest BCUT2D eigenvalue weighted by atomic mass is 10.1. The molecule has 1 aromatic carbocycles. The predicted octanol–water partition coefficient (Wildman–Crippen LogP) is 3.87. The molecule has 0 saturated heterocycles. The predicted molar refractivity (Wildman–Crippen MR) is 79.6 cm³/mol. The van der Waals surface area contributed by atoms with E-state index in [1.54, 1.807) is 6.07 Å². The van der Waals surface area contributed by atoms with Crippen molar-refractivity contribution in [1.29, 1.82) is 0 Å². The smallest absolute Gasteiger partial charge is 0.224 e. The fourth-order valence-corrected chi connectivity index (χ4v) is 1.97. The van der Waals surface area contributed by atoms with Crippen LogP contribution in [0, 0.1) is 5.82 Å². The number of nitrogens with one attached hydrogen (secondary N) is 2. The Bertz CT molecular complexity index is 591. The molecule has 2 rings (SSSR count). The van der Waals surface area contributed by atoms with Gasteiger partial charge in [0.25, 0.3) is 0 Å². The van der Waals surface area contributed by atoms with E-state index in [4.69, 9.17) is 11.6 Å².